The molecule has 0 nitrogen and oxygen atoms in total. The van der Waals surface area contributed by atoms with Gasteiger partial charge in [0, 0.05) is 15.0 Å². The Balaban J connectivity index is 2.93. The largest absolute Gasteiger partial charge is 0.143 e. The summed E-state index contributed by atoms with van der Waals surface area (Å²) < 4.78 is 2.50. The Morgan fingerprint density at radius 1 is 1.42 bits per heavy atom. The molecule has 0 unspecified atom stereocenters. The van der Waals surface area contributed by atoms with E-state index in [-0.39, 0.29) is 0 Å². The van der Waals surface area contributed by atoms with Gasteiger partial charge in [0.1, 0.15) is 0 Å². The molecule has 0 fully saturated rings. The molecule has 0 spiro atoms. The molecular formula is C9H7BrS2. The van der Waals surface area contributed by atoms with Gasteiger partial charge >= 0.3 is 0 Å². The van der Waals surface area contributed by atoms with Crippen LogP contribution in [0.1, 0.15) is 5.56 Å². The van der Waals surface area contributed by atoms with Gasteiger partial charge in [0.2, 0.25) is 0 Å². The van der Waals surface area contributed by atoms with E-state index in [0.717, 1.165) is 4.90 Å². The maximum absolute atomic E-state index is 4.40. The minimum Gasteiger partial charge on any atom is -0.143 e. The van der Waals surface area contributed by atoms with Crippen LogP contribution >= 0.6 is 39.9 Å². The van der Waals surface area contributed by atoms with E-state index < -0.39 is 0 Å². The highest BCUT2D eigenvalue weighted by Crippen LogP contribution is 2.35. The van der Waals surface area contributed by atoms with E-state index in [2.05, 4.69) is 47.6 Å². The van der Waals surface area contributed by atoms with Crippen LogP contribution in [0, 0.1) is 6.92 Å². The Hall–Kier alpha value is 0.01000. The van der Waals surface area contributed by atoms with Gasteiger partial charge in [0.05, 0.1) is 3.79 Å². The lowest BCUT2D eigenvalue weighted by atomic mass is 10.2. The molecule has 0 aliphatic carbocycles. The minimum atomic E-state index is 1.05. The van der Waals surface area contributed by atoms with Gasteiger partial charge < -0.3 is 0 Å². The topological polar surface area (TPSA) is 0 Å². The lowest BCUT2D eigenvalue weighted by Crippen LogP contribution is -1.72. The first-order chi connectivity index (χ1) is 5.68. The van der Waals surface area contributed by atoms with Crippen molar-refractivity contribution < 1.29 is 0 Å². The highest BCUT2D eigenvalue weighted by Gasteiger charge is 2.04. The third kappa shape index (κ3) is 1.30. The molecule has 2 rings (SSSR count). The first-order valence-electron chi connectivity index (χ1n) is 3.56. The van der Waals surface area contributed by atoms with Gasteiger partial charge in [-0.25, -0.2) is 0 Å². The normalized spacial score (nSPS) is 10.9. The monoisotopic (exact) mass is 258 g/mol. The molecule has 62 valence electrons. The van der Waals surface area contributed by atoms with Gasteiger partial charge in [-0.1, -0.05) is 6.07 Å². The number of halogens is 1. The molecule has 1 aromatic carbocycles. The van der Waals surface area contributed by atoms with Crippen molar-refractivity contribution in [2.45, 2.75) is 11.8 Å². The van der Waals surface area contributed by atoms with Gasteiger partial charge in [-0.2, -0.15) is 0 Å². The average Bonchev–Trinajstić information content (AvgIpc) is 2.41. The van der Waals surface area contributed by atoms with E-state index in [1.807, 2.05) is 6.07 Å². The van der Waals surface area contributed by atoms with E-state index in [1.165, 1.54) is 19.4 Å². The molecular weight excluding hydrogens is 252 g/mol. The van der Waals surface area contributed by atoms with Gasteiger partial charge in [-0.05, 0) is 40.5 Å². The summed E-state index contributed by atoms with van der Waals surface area (Å²) >= 11 is 9.64. The van der Waals surface area contributed by atoms with Gasteiger partial charge in [-0.3, -0.25) is 0 Å². The summed E-state index contributed by atoms with van der Waals surface area (Å²) in [4.78, 5) is 1.05. The molecule has 0 bridgehead atoms. The lowest BCUT2D eigenvalue weighted by Gasteiger charge is -1.96. The number of benzene rings is 1. The number of aryl methyl sites for hydroxylation is 1. The number of rotatable bonds is 0. The standard InChI is InChI=1S/C9H7BrS2/c1-5-2-3-7(11)6-4-8(10)12-9(5)6/h2-4,11H,1H3. The predicted molar refractivity (Wildman–Crippen MR) is 61.5 cm³/mol. The second-order valence-corrected chi connectivity index (χ2v) is 5.61. The summed E-state index contributed by atoms with van der Waals surface area (Å²) in [7, 11) is 0. The van der Waals surface area contributed by atoms with Gasteiger partial charge in [0.15, 0.2) is 0 Å². The second kappa shape index (κ2) is 3.05. The third-order valence-corrected chi connectivity index (χ3v) is 3.99. The maximum atomic E-state index is 4.40. The number of hydrogen-bond acceptors (Lipinski definition) is 2. The van der Waals surface area contributed by atoms with Crippen LogP contribution in [-0.4, -0.2) is 0 Å². The fraction of sp³-hybridized carbons (Fsp3) is 0.111. The Kier molecular flexibility index (Phi) is 2.19. The first-order valence-corrected chi connectivity index (χ1v) is 5.62. The van der Waals surface area contributed by atoms with E-state index in [9.17, 15) is 0 Å². The zero-order valence-corrected chi connectivity index (χ0v) is 9.76. The molecule has 2 aromatic rings. The maximum Gasteiger partial charge on any atom is 0.0711 e. The number of hydrogen-bond donors (Lipinski definition) is 1. The van der Waals surface area contributed by atoms with Crippen LogP contribution in [0.25, 0.3) is 10.1 Å². The molecule has 12 heavy (non-hydrogen) atoms. The van der Waals surface area contributed by atoms with Crippen LogP contribution in [0.2, 0.25) is 0 Å². The quantitative estimate of drug-likeness (QED) is 0.671. The molecule has 0 aliphatic heterocycles. The average molecular weight is 259 g/mol. The van der Waals surface area contributed by atoms with E-state index >= 15 is 0 Å². The molecule has 0 N–H and O–H groups in total. The summed E-state index contributed by atoms with van der Waals surface area (Å²) in [6.07, 6.45) is 0. The van der Waals surface area contributed by atoms with Crippen LogP contribution in [0.4, 0.5) is 0 Å². The highest BCUT2D eigenvalue weighted by atomic mass is 79.9. The first kappa shape index (κ1) is 8.60. The van der Waals surface area contributed by atoms with Gasteiger partial charge in [-0.15, -0.1) is 24.0 Å². The Bertz CT molecular complexity index is 392. The fourth-order valence-corrected chi connectivity index (χ4v) is 3.13. The summed E-state index contributed by atoms with van der Waals surface area (Å²) in [5.74, 6) is 0. The number of thiophene rings is 1. The van der Waals surface area contributed by atoms with Crippen molar-refractivity contribution in [1.29, 1.82) is 0 Å². The summed E-state index contributed by atoms with van der Waals surface area (Å²) in [6.45, 7) is 2.12. The van der Waals surface area contributed by atoms with Crippen LogP contribution in [0.5, 0.6) is 0 Å². The van der Waals surface area contributed by atoms with Crippen molar-refractivity contribution >= 4 is 50.0 Å². The second-order valence-electron chi connectivity index (χ2n) is 2.69. The van der Waals surface area contributed by atoms with Crippen LogP contribution in [0.15, 0.2) is 26.9 Å². The highest BCUT2D eigenvalue weighted by molar-refractivity contribution is 9.11. The fourth-order valence-electron chi connectivity index (χ4n) is 1.21. The van der Waals surface area contributed by atoms with Crippen molar-refractivity contribution in [3.05, 3.63) is 27.5 Å². The molecule has 0 saturated carbocycles. The Morgan fingerprint density at radius 2 is 2.17 bits per heavy atom. The van der Waals surface area contributed by atoms with Crippen LogP contribution in [-0.2, 0) is 0 Å². The Labute approximate surface area is 89.1 Å². The smallest absolute Gasteiger partial charge is 0.0711 e. The van der Waals surface area contributed by atoms with Crippen molar-refractivity contribution in [3.63, 3.8) is 0 Å². The lowest BCUT2D eigenvalue weighted by molar-refractivity contribution is 1.49. The summed E-state index contributed by atoms with van der Waals surface area (Å²) in [6, 6.07) is 6.27. The van der Waals surface area contributed by atoms with Crippen molar-refractivity contribution in [1.82, 2.24) is 0 Å². The summed E-state index contributed by atoms with van der Waals surface area (Å²) in [5, 5.41) is 1.25. The molecule has 0 atom stereocenters. The zero-order chi connectivity index (χ0) is 8.72. The zero-order valence-electron chi connectivity index (χ0n) is 6.47. The number of thiol groups is 1. The van der Waals surface area contributed by atoms with Crippen molar-refractivity contribution in [2.24, 2.45) is 0 Å². The van der Waals surface area contributed by atoms with Crippen LogP contribution in [0.3, 0.4) is 0 Å². The Morgan fingerprint density at radius 3 is 2.83 bits per heavy atom. The molecule has 0 amide bonds. The van der Waals surface area contributed by atoms with Crippen LogP contribution < -0.4 is 0 Å². The molecule has 0 saturated heterocycles. The van der Waals surface area contributed by atoms with E-state index in [0.29, 0.717) is 0 Å². The molecule has 1 heterocycles. The summed E-state index contributed by atoms with van der Waals surface area (Å²) in [5.41, 5.74) is 1.32. The molecule has 0 radical (unpaired) electrons. The number of fused-ring (bicyclic) bond motifs is 1. The van der Waals surface area contributed by atoms with Crippen molar-refractivity contribution in [2.75, 3.05) is 0 Å². The third-order valence-electron chi connectivity index (χ3n) is 1.83. The van der Waals surface area contributed by atoms with Crippen molar-refractivity contribution in [3.8, 4) is 0 Å². The molecule has 0 aliphatic rings. The van der Waals surface area contributed by atoms with E-state index in [1.54, 1.807) is 11.3 Å². The molecule has 3 heteroatoms. The minimum absolute atomic E-state index is 1.05. The van der Waals surface area contributed by atoms with E-state index in [4.69, 9.17) is 0 Å². The predicted octanol–water partition coefficient (Wildman–Crippen LogP) is 4.26. The van der Waals surface area contributed by atoms with Gasteiger partial charge in [0.25, 0.3) is 0 Å². The molecule has 1 aromatic heterocycles. The SMILES string of the molecule is Cc1ccc(S)c2cc(Br)sc12.